The van der Waals surface area contributed by atoms with Crippen molar-refractivity contribution in [2.24, 2.45) is 0 Å². The molecule has 3 nitrogen and oxygen atoms in total. The van der Waals surface area contributed by atoms with Crippen LogP contribution in [0.5, 0.6) is 0 Å². The first-order valence-electron chi connectivity index (χ1n) is 13.5. The van der Waals surface area contributed by atoms with Crippen LogP contribution < -0.4 is 0 Å². The molecule has 0 heterocycles. The quantitative estimate of drug-likeness (QED) is 0.131. The molecule has 0 saturated heterocycles. The minimum atomic E-state index is 1.22. The molecule has 0 fully saturated rings. The molecule has 0 amide bonds. The molecule has 0 aliphatic heterocycles. The monoisotopic (exact) mass is 426 g/mol. The number of hydrogen-bond donors (Lipinski definition) is 0. The van der Waals surface area contributed by atoms with Gasteiger partial charge in [-0.25, -0.2) is 0 Å². The number of unbranched alkanes of at least 4 members (excludes halogenated alkanes) is 13. The maximum atomic E-state index is 2.51. The summed E-state index contributed by atoms with van der Waals surface area (Å²) in [6.45, 7) is 8.80. The summed E-state index contributed by atoms with van der Waals surface area (Å²) < 4.78 is 1.28. The van der Waals surface area contributed by atoms with Crippen LogP contribution in [0.3, 0.4) is 0 Å². The smallest absolute Gasteiger partial charge is 0.0796 e. The summed E-state index contributed by atoms with van der Waals surface area (Å²) in [7, 11) is 11.3. The predicted molar refractivity (Wildman–Crippen MR) is 137 cm³/mol. The van der Waals surface area contributed by atoms with E-state index in [-0.39, 0.29) is 0 Å². The molecular weight excluding hydrogens is 366 g/mol. The van der Waals surface area contributed by atoms with Crippen molar-refractivity contribution in [1.29, 1.82) is 0 Å². The molecular formula is C27H60N3+. The van der Waals surface area contributed by atoms with Gasteiger partial charge in [-0.2, -0.15) is 0 Å². The van der Waals surface area contributed by atoms with Gasteiger partial charge in [0, 0.05) is 25.9 Å². The van der Waals surface area contributed by atoms with Gasteiger partial charge in [0.05, 0.1) is 26.7 Å². The van der Waals surface area contributed by atoms with Gasteiger partial charge in [0.2, 0.25) is 0 Å². The van der Waals surface area contributed by atoms with E-state index in [1.807, 2.05) is 0 Å². The number of nitrogens with zero attached hydrogens (tertiary/aromatic N) is 3. The van der Waals surface area contributed by atoms with Crippen molar-refractivity contribution in [3.63, 3.8) is 0 Å². The van der Waals surface area contributed by atoms with Gasteiger partial charge in [-0.05, 0) is 41.0 Å². The van der Waals surface area contributed by atoms with Gasteiger partial charge < -0.3 is 14.3 Å². The lowest BCUT2D eigenvalue weighted by Gasteiger charge is -2.35. The van der Waals surface area contributed by atoms with E-state index in [0.717, 1.165) is 0 Å². The summed E-state index contributed by atoms with van der Waals surface area (Å²) in [4.78, 5) is 4.66. The summed E-state index contributed by atoms with van der Waals surface area (Å²) in [6, 6.07) is 0. The predicted octanol–water partition coefficient (Wildman–Crippen LogP) is 6.82. The standard InChI is InChI=1S/C27H60N3/c1-7-8-9-10-11-12-13-14-15-16-17-18-19-20-25-30(6,26-21-23-28(2)3)27-22-24-29(4)5/h7-27H2,1-6H3/q+1. The van der Waals surface area contributed by atoms with Crippen LogP contribution in [-0.2, 0) is 0 Å². The Bertz CT molecular complexity index is 327. The highest BCUT2D eigenvalue weighted by molar-refractivity contribution is 4.52. The normalized spacial score (nSPS) is 12.4. The summed E-state index contributed by atoms with van der Waals surface area (Å²) in [6.07, 6.45) is 23.0. The molecule has 0 aromatic rings. The van der Waals surface area contributed by atoms with E-state index in [0.29, 0.717) is 0 Å². The second kappa shape index (κ2) is 20.8. The van der Waals surface area contributed by atoms with Crippen molar-refractivity contribution in [3.8, 4) is 0 Å². The maximum absolute atomic E-state index is 2.51. The summed E-state index contributed by atoms with van der Waals surface area (Å²) in [5, 5.41) is 0. The molecule has 0 radical (unpaired) electrons. The molecule has 0 aliphatic carbocycles. The van der Waals surface area contributed by atoms with E-state index in [2.05, 4.69) is 52.0 Å². The van der Waals surface area contributed by atoms with E-state index in [1.165, 1.54) is 140 Å². The van der Waals surface area contributed by atoms with Crippen LogP contribution in [0, 0.1) is 0 Å². The van der Waals surface area contributed by atoms with E-state index in [4.69, 9.17) is 0 Å². The molecule has 0 spiro atoms. The van der Waals surface area contributed by atoms with Crippen LogP contribution in [0.25, 0.3) is 0 Å². The third kappa shape index (κ3) is 21.1. The van der Waals surface area contributed by atoms with Crippen LogP contribution in [0.2, 0.25) is 0 Å². The number of rotatable bonds is 23. The zero-order valence-electron chi connectivity index (χ0n) is 22.2. The van der Waals surface area contributed by atoms with Crippen LogP contribution in [-0.4, -0.2) is 82.2 Å². The van der Waals surface area contributed by atoms with Gasteiger partial charge in [0.25, 0.3) is 0 Å². The first kappa shape index (κ1) is 29.9. The molecule has 0 aromatic heterocycles. The van der Waals surface area contributed by atoms with Crippen molar-refractivity contribution >= 4 is 0 Å². The van der Waals surface area contributed by atoms with E-state index >= 15 is 0 Å². The fourth-order valence-electron chi connectivity index (χ4n) is 4.56. The highest BCUT2D eigenvalue weighted by Crippen LogP contribution is 2.15. The van der Waals surface area contributed by atoms with Crippen molar-refractivity contribution in [3.05, 3.63) is 0 Å². The number of hydrogen-bond acceptors (Lipinski definition) is 2. The molecule has 182 valence electrons. The Labute approximate surface area is 192 Å². The van der Waals surface area contributed by atoms with Crippen molar-refractivity contribution in [1.82, 2.24) is 9.80 Å². The molecule has 0 aliphatic rings. The van der Waals surface area contributed by atoms with Gasteiger partial charge in [0.1, 0.15) is 0 Å². The second-order valence-corrected chi connectivity index (χ2v) is 10.7. The zero-order chi connectivity index (χ0) is 22.5. The Morgan fingerprint density at radius 3 is 1.07 bits per heavy atom. The van der Waals surface area contributed by atoms with Crippen LogP contribution in [0.15, 0.2) is 0 Å². The second-order valence-electron chi connectivity index (χ2n) is 10.7. The Balaban J connectivity index is 3.73. The Hall–Kier alpha value is -0.120. The Kier molecular flexibility index (Phi) is 20.7. The Morgan fingerprint density at radius 2 is 0.733 bits per heavy atom. The average molecular weight is 427 g/mol. The molecule has 0 rings (SSSR count). The van der Waals surface area contributed by atoms with Crippen molar-refractivity contribution in [2.45, 2.75) is 110 Å². The molecule has 0 bridgehead atoms. The maximum Gasteiger partial charge on any atom is 0.0796 e. The van der Waals surface area contributed by atoms with Gasteiger partial charge >= 0.3 is 0 Å². The van der Waals surface area contributed by atoms with Crippen molar-refractivity contribution < 1.29 is 4.48 Å². The van der Waals surface area contributed by atoms with Gasteiger partial charge in [-0.3, -0.25) is 0 Å². The molecule has 0 aromatic carbocycles. The fourth-order valence-corrected chi connectivity index (χ4v) is 4.56. The van der Waals surface area contributed by atoms with E-state index < -0.39 is 0 Å². The van der Waals surface area contributed by atoms with Crippen LogP contribution in [0.4, 0.5) is 0 Å². The lowest BCUT2D eigenvalue weighted by atomic mass is 10.0. The van der Waals surface area contributed by atoms with Crippen LogP contribution >= 0.6 is 0 Å². The molecule has 0 unspecified atom stereocenters. The fraction of sp³-hybridized carbons (Fsp3) is 1.00. The summed E-state index contributed by atoms with van der Waals surface area (Å²) in [5.41, 5.74) is 0. The minimum Gasteiger partial charge on any atom is -0.326 e. The average Bonchev–Trinajstić information content (AvgIpc) is 2.67. The molecule has 30 heavy (non-hydrogen) atoms. The Morgan fingerprint density at radius 1 is 0.433 bits per heavy atom. The highest BCUT2D eigenvalue weighted by atomic mass is 15.3. The summed E-state index contributed by atoms with van der Waals surface area (Å²) in [5.74, 6) is 0. The largest absolute Gasteiger partial charge is 0.326 e. The molecule has 3 heteroatoms. The molecule has 0 atom stereocenters. The third-order valence-electron chi connectivity index (χ3n) is 6.66. The van der Waals surface area contributed by atoms with E-state index in [1.54, 1.807) is 0 Å². The first-order valence-corrected chi connectivity index (χ1v) is 13.5. The zero-order valence-corrected chi connectivity index (χ0v) is 22.2. The lowest BCUT2D eigenvalue weighted by molar-refractivity contribution is -0.910. The highest BCUT2D eigenvalue weighted by Gasteiger charge is 2.20. The molecule has 0 saturated carbocycles. The van der Waals surface area contributed by atoms with Crippen LogP contribution in [0.1, 0.15) is 110 Å². The van der Waals surface area contributed by atoms with E-state index in [9.17, 15) is 0 Å². The SMILES string of the molecule is CCCCCCCCCCCCCCCC[N+](C)(CCCN(C)C)CCCN(C)C. The van der Waals surface area contributed by atoms with Gasteiger partial charge in [0.15, 0.2) is 0 Å². The third-order valence-corrected chi connectivity index (χ3v) is 6.66. The summed E-state index contributed by atoms with van der Waals surface area (Å²) >= 11 is 0. The lowest BCUT2D eigenvalue weighted by Crippen LogP contribution is -2.47. The topological polar surface area (TPSA) is 6.48 Å². The van der Waals surface area contributed by atoms with Gasteiger partial charge in [-0.15, -0.1) is 0 Å². The van der Waals surface area contributed by atoms with Crippen molar-refractivity contribution in [2.75, 3.05) is 68.0 Å². The minimum absolute atomic E-state index is 1.22. The molecule has 0 N–H and O–H groups in total. The number of quaternary nitrogens is 1. The van der Waals surface area contributed by atoms with Gasteiger partial charge in [-0.1, -0.05) is 84.0 Å². The first-order chi connectivity index (χ1) is 14.4.